The van der Waals surface area contributed by atoms with Crippen LogP contribution in [0.1, 0.15) is 149 Å². The van der Waals surface area contributed by atoms with E-state index in [1.165, 1.54) is 44.9 Å². The zero-order valence-corrected chi connectivity index (χ0v) is 20.2. The lowest BCUT2D eigenvalue weighted by atomic mass is 9.45. The summed E-state index contributed by atoms with van der Waals surface area (Å²) < 4.78 is 0. The first-order valence-electron chi connectivity index (χ1n) is 14.2. The Balaban J connectivity index is 1.24. The molecule has 0 spiro atoms. The maximum Gasteiger partial charge on any atom is -0.0269 e. The zero-order chi connectivity index (χ0) is 20.2. The van der Waals surface area contributed by atoms with Gasteiger partial charge in [-0.15, -0.1) is 0 Å². The quantitative estimate of drug-likeness (QED) is 0.338. The molecule has 29 heavy (non-hydrogen) atoms. The zero-order valence-electron chi connectivity index (χ0n) is 20.2. The first-order chi connectivity index (χ1) is 14.2. The molecule has 0 nitrogen and oxygen atoms in total. The predicted molar refractivity (Wildman–Crippen MR) is 127 cm³/mol. The molecule has 2 bridgehead atoms. The van der Waals surface area contributed by atoms with Crippen LogP contribution in [0.15, 0.2) is 0 Å². The van der Waals surface area contributed by atoms with Crippen LogP contribution in [0.25, 0.3) is 0 Å². The van der Waals surface area contributed by atoms with Crippen molar-refractivity contribution in [3.63, 3.8) is 0 Å². The summed E-state index contributed by atoms with van der Waals surface area (Å²) in [5.41, 5.74) is 1.60. The molecule has 0 heteroatoms. The third-order valence-corrected chi connectivity index (χ3v) is 11.0. The van der Waals surface area contributed by atoms with Crippen molar-refractivity contribution < 1.29 is 0 Å². The van der Waals surface area contributed by atoms with Crippen LogP contribution in [0.3, 0.4) is 0 Å². The minimum absolute atomic E-state index is 0.800. The fraction of sp³-hybridized carbons (Fsp3) is 1.00. The molecule has 0 heterocycles. The Bertz CT molecular complexity index is 450. The Kier molecular flexibility index (Phi) is 7.72. The van der Waals surface area contributed by atoms with Gasteiger partial charge < -0.3 is 0 Å². The van der Waals surface area contributed by atoms with Gasteiger partial charge in [0.2, 0.25) is 0 Å². The van der Waals surface area contributed by atoms with Gasteiger partial charge in [-0.3, -0.25) is 0 Å². The first-order valence-corrected chi connectivity index (χ1v) is 14.2. The second-order valence-corrected chi connectivity index (χ2v) is 12.3. The third-order valence-electron chi connectivity index (χ3n) is 11.0. The van der Waals surface area contributed by atoms with Crippen molar-refractivity contribution in [1.29, 1.82) is 0 Å². The third kappa shape index (κ3) is 4.92. The highest BCUT2D eigenvalue weighted by Gasteiger charge is 2.54. The van der Waals surface area contributed by atoms with Gasteiger partial charge in [0.15, 0.2) is 0 Å². The number of hydrogen-bond donors (Lipinski definition) is 0. The average molecular weight is 401 g/mol. The van der Waals surface area contributed by atoms with Crippen molar-refractivity contribution in [2.24, 2.45) is 34.5 Å². The summed E-state index contributed by atoms with van der Waals surface area (Å²) in [5, 5.41) is 0. The standard InChI is InChI=1S/C29H52/c1-3-5-7-9-25-12-16-27(17-13-25)29-21-18-28(19-22-29,20-23-29)26-14-10-24(11-15-26)8-6-4-2/h24-27H,3-23H2,1-2H3. The molecule has 0 saturated heterocycles. The van der Waals surface area contributed by atoms with Gasteiger partial charge >= 0.3 is 0 Å². The maximum absolute atomic E-state index is 2.36. The van der Waals surface area contributed by atoms with Crippen molar-refractivity contribution in [1.82, 2.24) is 0 Å². The Morgan fingerprint density at radius 1 is 0.483 bits per heavy atom. The minimum Gasteiger partial charge on any atom is -0.0654 e. The van der Waals surface area contributed by atoms with Gasteiger partial charge in [-0.25, -0.2) is 0 Å². The molecule has 0 radical (unpaired) electrons. The van der Waals surface area contributed by atoms with Gasteiger partial charge in [0, 0.05) is 0 Å². The molecule has 5 fully saturated rings. The number of rotatable bonds is 9. The topological polar surface area (TPSA) is 0 Å². The lowest BCUT2D eigenvalue weighted by molar-refractivity contribution is -0.0960. The molecule has 0 unspecified atom stereocenters. The van der Waals surface area contributed by atoms with Gasteiger partial charge in [-0.1, -0.05) is 84.5 Å². The summed E-state index contributed by atoms with van der Waals surface area (Å²) in [6, 6.07) is 0. The van der Waals surface area contributed by atoms with E-state index in [0.29, 0.717) is 0 Å². The van der Waals surface area contributed by atoms with E-state index in [1.807, 2.05) is 0 Å². The van der Waals surface area contributed by atoms with Gasteiger partial charge in [0.25, 0.3) is 0 Å². The minimum atomic E-state index is 0.800. The van der Waals surface area contributed by atoms with Crippen molar-refractivity contribution in [3.8, 4) is 0 Å². The molecule has 0 aromatic carbocycles. The van der Waals surface area contributed by atoms with Crippen LogP contribution in [0, 0.1) is 34.5 Å². The van der Waals surface area contributed by atoms with Crippen molar-refractivity contribution in [2.75, 3.05) is 0 Å². The summed E-state index contributed by atoms with van der Waals surface area (Å²) in [5.74, 6) is 4.38. The molecule has 0 N–H and O–H groups in total. The SMILES string of the molecule is CCCCCC1CCC(C23CCC(C4CCC(CCCC)CC4)(CC2)CC3)CC1. The molecule has 0 aromatic rings. The number of fused-ring (bicyclic) bond motifs is 3. The second kappa shape index (κ2) is 10.1. The van der Waals surface area contributed by atoms with E-state index in [2.05, 4.69) is 13.8 Å². The highest BCUT2D eigenvalue weighted by Crippen LogP contribution is 2.66. The molecule has 5 rings (SSSR count). The monoisotopic (exact) mass is 400 g/mol. The van der Waals surface area contributed by atoms with Crippen LogP contribution >= 0.6 is 0 Å². The van der Waals surface area contributed by atoms with Crippen LogP contribution < -0.4 is 0 Å². The average Bonchev–Trinajstić information content (AvgIpc) is 2.80. The Labute approximate surface area is 183 Å². The Hall–Kier alpha value is 0. The molecule has 0 atom stereocenters. The summed E-state index contributed by atoms with van der Waals surface area (Å²) in [6.45, 7) is 4.71. The van der Waals surface area contributed by atoms with Crippen LogP contribution in [0.5, 0.6) is 0 Å². The molecular formula is C29H52. The van der Waals surface area contributed by atoms with Crippen molar-refractivity contribution >= 4 is 0 Å². The molecule has 0 aromatic heterocycles. The van der Waals surface area contributed by atoms with E-state index < -0.39 is 0 Å². The summed E-state index contributed by atoms with van der Waals surface area (Å²) in [4.78, 5) is 0. The predicted octanol–water partition coefficient (Wildman–Crippen LogP) is 9.71. The summed E-state index contributed by atoms with van der Waals surface area (Å²) in [6.07, 6.45) is 32.6. The van der Waals surface area contributed by atoms with Gasteiger partial charge in [0.1, 0.15) is 0 Å². The summed E-state index contributed by atoms with van der Waals surface area (Å²) in [7, 11) is 0. The smallest absolute Gasteiger partial charge is 0.0269 e. The second-order valence-electron chi connectivity index (χ2n) is 12.3. The Morgan fingerprint density at radius 2 is 0.862 bits per heavy atom. The van der Waals surface area contributed by atoms with E-state index in [1.54, 1.807) is 89.9 Å². The van der Waals surface area contributed by atoms with E-state index >= 15 is 0 Å². The Morgan fingerprint density at radius 3 is 1.24 bits per heavy atom. The lowest BCUT2D eigenvalue weighted by Crippen LogP contribution is -2.49. The molecule has 0 amide bonds. The van der Waals surface area contributed by atoms with Gasteiger partial charge in [0.05, 0.1) is 0 Å². The van der Waals surface area contributed by atoms with Crippen LogP contribution in [0.2, 0.25) is 0 Å². The van der Waals surface area contributed by atoms with Crippen LogP contribution in [-0.2, 0) is 0 Å². The lowest BCUT2D eigenvalue weighted by Gasteiger charge is -2.60. The van der Waals surface area contributed by atoms with E-state index in [-0.39, 0.29) is 0 Å². The van der Waals surface area contributed by atoms with Crippen LogP contribution in [0.4, 0.5) is 0 Å². The highest BCUT2D eigenvalue weighted by molar-refractivity contribution is 5.05. The molecule has 0 aliphatic heterocycles. The summed E-state index contributed by atoms with van der Waals surface area (Å²) >= 11 is 0. The van der Waals surface area contributed by atoms with E-state index in [4.69, 9.17) is 0 Å². The fourth-order valence-electron chi connectivity index (χ4n) is 8.77. The maximum atomic E-state index is 2.36. The van der Waals surface area contributed by atoms with Crippen molar-refractivity contribution in [2.45, 2.75) is 149 Å². The molecular weight excluding hydrogens is 348 g/mol. The molecule has 5 aliphatic rings. The highest BCUT2D eigenvalue weighted by atomic mass is 14.6. The van der Waals surface area contributed by atoms with Crippen LogP contribution in [-0.4, -0.2) is 0 Å². The molecule has 5 saturated carbocycles. The largest absolute Gasteiger partial charge is 0.0654 e. The van der Waals surface area contributed by atoms with Gasteiger partial charge in [-0.05, 0) is 98.7 Å². The molecule has 168 valence electrons. The number of hydrogen-bond acceptors (Lipinski definition) is 0. The van der Waals surface area contributed by atoms with Crippen molar-refractivity contribution in [3.05, 3.63) is 0 Å². The fourth-order valence-corrected chi connectivity index (χ4v) is 8.77. The number of unbranched alkanes of at least 4 members (excludes halogenated alkanes) is 3. The van der Waals surface area contributed by atoms with E-state index in [9.17, 15) is 0 Å². The normalized spacial score (nSPS) is 42.8. The first kappa shape index (κ1) is 22.2. The van der Waals surface area contributed by atoms with Gasteiger partial charge in [-0.2, -0.15) is 0 Å². The van der Waals surface area contributed by atoms with E-state index in [0.717, 1.165) is 34.5 Å². The molecule has 5 aliphatic carbocycles.